The molecule has 0 unspecified atom stereocenters. The van der Waals surface area contributed by atoms with E-state index in [1.807, 2.05) is 64.1 Å². The summed E-state index contributed by atoms with van der Waals surface area (Å²) in [6.07, 6.45) is 0. The summed E-state index contributed by atoms with van der Waals surface area (Å²) in [4.78, 5) is 25.5. The van der Waals surface area contributed by atoms with Crippen LogP contribution in [0.4, 0.5) is 10.1 Å². The van der Waals surface area contributed by atoms with Gasteiger partial charge < -0.3 is 10.6 Å². The maximum atomic E-state index is 14.2. The number of nitrogens with zero attached hydrogens (tertiary/aromatic N) is 3. The fraction of sp³-hybridized carbons (Fsp3) is 0.214. The average Bonchev–Trinajstić information content (AvgIpc) is 3.27. The van der Waals surface area contributed by atoms with Crippen molar-refractivity contribution in [1.29, 1.82) is 0 Å². The molecule has 0 spiro atoms. The Morgan fingerprint density at radius 2 is 1.68 bits per heavy atom. The van der Waals surface area contributed by atoms with Crippen LogP contribution in [-0.2, 0) is 11.3 Å². The summed E-state index contributed by atoms with van der Waals surface area (Å²) in [6, 6.07) is 15.9. The number of hydrogen-bond acceptors (Lipinski definition) is 5. The third-order valence-electron chi connectivity index (χ3n) is 5.90. The molecule has 0 saturated carbocycles. The van der Waals surface area contributed by atoms with Crippen molar-refractivity contribution in [2.75, 3.05) is 11.1 Å². The van der Waals surface area contributed by atoms with Gasteiger partial charge in [-0.05, 0) is 74.2 Å². The first-order valence-electron chi connectivity index (χ1n) is 11.9. The van der Waals surface area contributed by atoms with Crippen LogP contribution < -0.4 is 10.6 Å². The summed E-state index contributed by atoms with van der Waals surface area (Å²) in [5, 5.41) is 14.7. The van der Waals surface area contributed by atoms with E-state index in [4.69, 9.17) is 11.6 Å². The van der Waals surface area contributed by atoms with E-state index >= 15 is 0 Å². The minimum Gasteiger partial charge on any atom is -0.345 e. The van der Waals surface area contributed by atoms with Crippen molar-refractivity contribution in [3.8, 4) is 5.69 Å². The highest BCUT2D eigenvalue weighted by Gasteiger charge is 2.20. The standard InChI is InChI=1S/C28H27ClFN5O2S/c1-16-8-10-18(3)22(12-16)32-25(36)15-38-28-34-33-24(35(28)23-13-17(2)9-11-19(23)4)14-31-27(37)26-20(29)6-5-7-21(26)30/h5-13H,14-15H2,1-4H3,(H,31,37)(H,32,36). The van der Waals surface area contributed by atoms with Gasteiger partial charge in [-0.2, -0.15) is 0 Å². The number of carbonyl (C=O) groups excluding carboxylic acids is 2. The predicted molar refractivity (Wildman–Crippen MR) is 149 cm³/mol. The highest BCUT2D eigenvalue weighted by atomic mass is 35.5. The fourth-order valence-electron chi connectivity index (χ4n) is 3.86. The van der Waals surface area contributed by atoms with Crippen LogP contribution in [0.1, 0.15) is 38.4 Å². The van der Waals surface area contributed by atoms with Crippen molar-refractivity contribution in [3.63, 3.8) is 0 Å². The van der Waals surface area contributed by atoms with Crippen molar-refractivity contribution in [2.45, 2.75) is 39.4 Å². The lowest BCUT2D eigenvalue weighted by molar-refractivity contribution is -0.113. The Morgan fingerprint density at radius 3 is 2.42 bits per heavy atom. The second-order valence-corrected chi connectivity index (χ2v) is 10.3. The molecule has 38 heavy (non-hydrogen) atoms. The van der Waals surface area contributed by atoms with Crippen LogP contribution >= 0.6 is 23.4 Å². The average molecular weight is 552 g/mol. The summed E-state index contributed by atoms with van der Waals surface area (Å²) in [5.41, 5.74) is 5.36. The third-order valence-corrected chi connectivity index (χ3v) is 7.15. The number of aromatic nitrogens is 3. The van der Waals surface area contributed by atoms with Crippen LogP contribution in [0.15, 0.2) is 59.8 Å². The van der Waals surface area contributed by atoms with Gasteiger partial charge in [0.15, 0.2) is 11.0 Å². The van der Waals surface area contributed by atoms with E-state index < -0.39 is 11.7 Å². The Kier molecular flexibility index (Phi) is 8.48. The zero-order valence-corrected chi connectivity index (χ0v) is 23.0. The number of anilines is 1. The van der Waals surface area contributed by atoms with Gasteiger partial charge in [0.25, 0.3) is 5.91 Å². The molecule has 0 aliphatic carbocycles. The monoisotopic (exact) mass is 551 g/mol. The molecule has 10 heteroatoms. The Labute approximate surface area is 229 Å². The largest absolute Gasteiger partial charge is 0.345 e. The van der Waals surface area contributed by atoms with Crippen LogP contribution in [0.2, 0.25) is 5.02 Å². The topological polar surface area (TPSA) is 88.9 Å². The molecule has 2 amide bonds. The zero-order chi connectivity index (χ0) is 27.4. The zero-order valence-electron chi connectivity index (χ0n) is 21.4. The Hall–Kier alpha value is -3.69. The third kappa shape index (κ3) is 6.23. The van der Waals surface area contributed by atoms with Crippen LogP contribution in [0.3, 0.4) is 0 Å². The number of carbonyl (C=O) groups is 2. The van der Waals surface area contributed by atoms with Gasteiger partial charge in [-0.1, -0.05) is 53.7 Å². The van der Waals surface area contributed by atoms with E-state index in [-0.39, 0.29) is 28.8 Å². The SMILES string of the molecule is Cc1ccc(C)c(NC(=O)CSc2nnc(CNC(=O)c3c(F)cccc3Cl)n2-c2cc(C)ccc2C)c1. The number of amides is 2. The molecule has 0 saturated heterocycles. The molecular weight excluding hydrogens is 525 g/mol. The first-order chi connectivity index (χ1) is 18.1. The second-order valence-electron chi connectivity index (χ2n) is 8.96. The molecule has 4 aromatic rings. The van der Waals surface area contributed by atoms with E-state index in [0.29, 0.717) is 11.0 Å². The number of halogens is 2. The normalized spacial score (nSPS) is 10.9. The number of hydrogen-bond donors (Lipinski definition) is 2. The van der Waals surface area contributed by atoms with Crippen LogP contribution in [0.25, 0.3) is 5.69 Å². The van der Waals surface area contributed by atoms with Crippen LogP contribution in [0, 0.1) is 33.5 Å². The van der Waals surface area contributed by atoms with Crippen molar-refractivity contribution < 1.29 is 14.0 Å². The fourth-order valence-corrected chi connectivity index (χ4v) is 4.87. The first-order valence-corrected chi connectivity index (χ1v) is 13.2. The van der Waals surface area contributed by atoms with Gasteiger partial charge in [-0.15, -0.1) is 10.2 Å². The number of aryl methyl sites for hydroxylation is 4. The maximum Gasteiger partial charge on any atom is 0.256 e. The van der Waals surface area contributed by atoms with Gasteiger partial charge in [0.05, 0.1) is 28.6 Å². The Balaban J connectivity index is 1.57. The van der Waals surface area contributed by atoms with E-state index in [1.54, 1.807) is 4.57 Å². The molecule has 2 N–H and O–H groups in total. The Bertz CT molecular complexity index is 1500. The van der Waals surface area contributed by atoms with Gasteiger partial charge in [0, 0.05) is 5.69 Å². The van der Waals surface area contributed by atoms with Gasteiger partial charge >= 0.3 is 0 Å². The second kappa shape index (κ2) is 11.8. The number of nitrogens with one attached hydrogen (secondary N) is 2. The molecule has 3 aromatic carbocycles. The lowest BCUT2D eigenvalue weighted by Crippen LogP contribution is -2.26. The predicted octanol–water partition coefficient (Wildman–Crippen LogP) is 5.95. The number of thioether (sulfide) groups is 1. The number of benzene rings is 3. The molecular formula is C28H27ClFN5O2S. The van der Waals surface area contributed by atoms with Gasteiger partial charge in [0.1, 0.15) is 5.82 Å². The highest BCUT2D eigenvalue weighted by Crippen LogP contribution is 2.26. The van der Waals surface area contributed by atoms with E-state index in [1.165, 1.54) is 30.0 Å². The smallest absolute Gasteiger partial charge is 0.256 e. The van der Waals surface area contributed by atoms with Crippen molar-refractivity contribution in [3.05, 3.63) is 99.1 Å². The quantitative estimate of drug-likeness (QED) is 0.264. The van der Waals surface area contributed by atoms with Crippen molar-refractivity contribution in [2.24, 2.45) is 0 Å². The molecule has 0 atom stereocenters. The van der Waals surface area contributed by atoms with E-state index in [2.05, 4.69) is 20.8 Å². The summed E-state index contributed by atoms with van der Waals surface area (Å²) >= 11 is 7.28. The lowest BCUT2D eigenvalue weighted by atomic mass is 10.1. The van der Waals surface area contributed by atoms with Gasteiger partial charge in [-0.3, -0.25) is 14.2 Å². The van der Waals surface area contributed by atoms with Crippen molar-refractivity contribution in [1.82, 2.24) is 20.1 Å². The molecule has 0 bridgehead atoms. The summed E-state index contributed by atoms with van der Waals surface area (Å²) in [6.45, 7) is 7.81. The summed E-state index contributed by atoms with van der Waals surface area (Å²) in [5.74, 6) is -1.02. The van der Waals surface area contributed by atoms with E-state index in [0.717, 1.165) is 33.6 Å². The molecule has 0 fully saturated rings. The molecule has 196 valence electrons. The molecule has 0 aliphatic rings. The summed E-state index contributed by atoms with van der Waals surface area (Å²) < 4.78 is 16.0. The lowest BCUT2D eigenvalue weighted by Gasteiger charge is -2.14. The molecule has 4 rings (SSSR count). The summed E-state index contributed by atoms with van der Waals surface area (Å²) in [7, 11) is 0. The first kappa shape index (κ1) is 27.3. The van der Waals surface area contributed by atoms with E-state index in [9.17, 15) is 14.0 Å². The van der Waals surface area contributed by atoms with Crippen LogP contribution in [0.5, 0.6) is 0 Å². The minimum atomic E-state index is -0.711. The minimum absolute atomic E-state index is 0.0181. The maximum absolute atomic E-state index is 14.2. The molecule has 0 radical (unpaired) electrons. The molecule has 1 aromatic heterocycles. The van der Waals surface area contributed by atoms with Crippen LogP contribution in [-0.4, -0.2) is 32.3 Å². The van der Waals surface area contributed by atoms with Gasteiger partial charge in [-0.25, -0.2) is 4.39 Å². The molecule has 0 aliphatic heterocycles. The van der Waals surface area contributed by atoms with Crippen molar-refractivity contribution >= 4 is 40.9 Å². The Morgan fingerprint density at radius 1 is 0.974 bits per heavy atom. The molecule has 1 heterocycles. The highest BCUT2D eigenvalue weighted by molar-refractivity contribution is 7.99. The number of rotatable bonds is 8. The molecule has 7 nitrogen and oxygen atoms in total. The van der Waals surface area contributed by atoms with Gasteiger partial charge in [0.2, 0.25) is 5.91 Å².